The Morgan fingerprint density at radius 1 is 1.30 bits per heavy atom. The van der Waals surface area contributed by atoms with E-state index in [-0.39, 0.29) is 10.9 Å². The second-order valence-electron chi connectivity index (χ2n) is 6.43. The summed E-state index contributed by atoms with van der Waals surface area (Å²) in [5.74, 6) is 0. The molecule has 0 bridgehead atoms. The van der Waals surface area contributed by atoms with Crippen molar-refractivity contribution < 1.29 is 8.42 Å². The molecule has 1 unspecified atom stereocenters. The number of benzene rings is 1. The number of piperidine rings is 1. The predicted molar refractivity (Wildman–Crippen MR) is 91.9 cm³/mol. The Morgan fingerprint density at radius 2 is 2.04 bits per heavy atom. The van der Waals surface area contributed by atoms with Gasteiger partial charge in [-0.15, -0.1) is 0 Å². The van der Waals surface area contributed by atoms with Crippen LogP contribution in [0.1, 0.15) is 26.7 Å². The minimum absolute atomic E-state index is 0.189. The van der Waals surface area contributed by atoms with Crippen LogP contribution in [0.15, 0.2) is 35.4 Å². The number of fused-ring (bicyclic) bond motifs is 1. The average Bonchev–Trinajstić information content (AvgIpc) is 2.49. The van der Waals surface area contributed by atoms with E-state index in [1.165, 1.54) is 10.5 Å². The highest BCUT2D eigenvalue weighted by Crippen LogP contribution is 2.35. The first-order valence-corrected chi connectivity index (χ1v) is 9.39. The van der Waals surface area contributed by atoms with Crippen molar-refractivity contribution in [1.82, 2.24) is 9.29 Å². The number of hydrogen-bond acceptors (Lipinski definition) is 4. The quantitative estimate of drug-likeness (QED) is 0.842. The van der Waals surface area contributed by atoms with Gasteiger partial charge in [0.05, 0.1) is 4.90 Å². The van der Waals surface area contributed by atoms with E-state index in [1.54, 1.807) is 24.3 Å². The number of aromatic nitrogens is 1. The smallest absolute Gasteiger partial charge is 0.244 e. The van der Waals surface area contributed by atoms with Gasteiger partial charge >= 0.3 is 0 Å². The number of rotatable bonds is 2. The fourth-order valence-corrected chi connectivity index (χ4v) is 5.49. The summed E-state index contributed by atoms with van der Waals surface area (Å²) in [6.07, 6.45) is 3.11. The van der Waals surface area contributed by atoms with Gasteiger partial charge in [0, 0.05) is 35.1 Å². The molecule has 0 saturated carbocycles. The van der Waals surface area contributed by atoms with Crippen LogP contribution in [0, 0.1) is 0 Å². The first kappa shape index (κ1) is 16.6. The van der Waals surface area contributed by atoms with Gasteiger partial charge in [-0.25, -0.2) is 13.4 Å². The Labute approximate surface area is 141 Å². The monoisotopic (exact) mass is 353 g/mol. The van der Waals surface area contributed by atoms with Crippen LogP contribution in [0.25, 0.3) is 10.8 Å². The molecule has 2 heterocycles. The number of hydrogen-bond donors (Lipinski definition) is 1. The molecule has 3 rings (SSSR count). The number of nitrogens with zero attached hydrogens (tertiary/aromatic N) is 2. The zero-order chi connectivity index (χ0) is 16.8. The Balaban J connectivity index is 2.19. The Bertz CT molecular complexity index is 852. The van der Waals surface area contributed by atoms with Crippen LogP contribution in [0.4, 0.5) is 0 Å². The van der Waals surface area contributed by atoms with E-state index in [0.29, 0.717) is 22.5 Å². The third-order valence-electron chi connectivity index (χ3n) is 4.71. The lowest BCUT2D eigenvalue weighted by Gasteiger charge is -2.45. The molecule has 1 fully saturated rings. The molecular weight excluding hydrogens is 334 g/mol. The highest BCUT2D eigenvalue weighted by molar-refractivity contribution is 7.89. The van der Waals surface area contributed by atoms with Crippen LogP contribution in [0.3, 0.4) is 0 Å². The molecule has 1 saturated heterocycles. The molecule has 5 nitrogen and oxygen atoms in total. The van der Waals surface area contributed by atoms with Gasteiger partial charge < -0.3 is 5.73 Å². The van der Waals surface area contributed by atoms with E-state index in [0.717, 1.165) is 12.8 Å². The van der Waals surface area contributed by atoms with E-state index < -0.39 is 15.6 Å². The topological polar surface area (TPSA) is 76.3 Å². The normalized spacial score (nSPS) is 22.3. The van der Waals surface area contributed by atoms with Crippen molar-refractivity contribution in [2.45, 2.75) is 43.2 Å². The summed E-state index contributed by atoms with van der Waals surface area (Å²) in [4.78, 5) is 4.27. The summed E-state index contributed by atoms with van der Waals surface area (Å²) in [6.45, 7) is 4.24. The van der Waals surface area contributed by atoms with Crippen LogP contribution in [-0.4, -0.2) is 35.8 Å². The predicted octanol–water partition coefficient (Wildman–Crippen LogP) is 2.78. The van der Waals surface area contributed by atoms with Crippen molar-refractivity contribution in [3.8, 4) is 0 Å². The molecule has 7 heteroatoms. The molecule has 1 aromatic heterocycles. The van der Waals surface area contributed by atoms with Crippen LogP contribution in [-0.2, 0) is 10.0 Å². The molecule has 2 aromatic rings. The van der Waals surface area contributed by atoms with Gasteiger partial charge in [0.25, 0.3) is 0 Å². The lowest BCUT2D eigenvalue weighted by molar-refractivity contribution is 0.142. The van der Waals surface area contributed by atoms with Crippen LogP contribution < -0.4 is 5.73 Å². The summed E-state index contributed by atoms with van der Waals surface area (Å²) >= 11 is 6.10. The number of nitrogens with two attached hydrogens (primary N) is 1. The number of sulfonamides is 1. The third kappa shape index (κ3) is 2.63. The van der Waals surface area contributed by atoms with Crippen LogP contribution >= 0.6 is 11.6 Å². The summed E-state index contributed by atoms with van der Waals surface area (Å²) in [5.41, 5.74) is 5.55. The van der Waals surface area contributed by atoms with E-state index in [9.17, 15) is 8.42 Å². The fraction of sp³-hybridized carbons (Fsp3) is 0.438. The number of halogens is 1. The molecule has 0 amide bonds. The molecule has 0 radical (unpaired) electrons. The maximum absolute atomic E-state index is 13.3. The zero-order valence-corrected chi connectivity index (χ0v) is 14.7. The van der Waals surface area contributed by atoms with Gasteiger partial charge in [-0.2, -0.15) is 4.31 Å². The van der Waals surface area contributed by atoms with Crippen molar-refractivity contribution in [3.63, 3.8) is 0 Å². The second-order valence-corrected chi connectivity index (χ2v) is 8.62. The molecule has 1 atom stereocenters. The van der Waals surface area contributed by atoms with Gasteiger partial charge in [0.2, 0.25) is 10.0 Å². The van der Waals surface area contributed by atoms with E-state index in [1.807, 2.05) is 13.8 Å². The molecular formula is C16H20ClN3O2S. The van der Waals surface area contributed by atoms with E-state index >= 15 is 0 Å². The van der Waals surface area contributed by atoms with Gasteiger partial charge in [0.15, 0.2) is 0 Å². The van der Waals surface area contributed by atoms with Gasteiger partial charge in [-0.3, -0.25) is 0 Å². The van der Waals surface area contributed by atoms with Crippen LogP contribution in [0.2, 0.25) is 5.15 Å². The molecule has 1 aliphatic heterocycles. The maximum atomic E-state index is 13.3. The van der Waals surface area contributed by atoms with E-state index in [4.69, 9.17) is 17.3 Å². The molecule has 2 N–H and O–H groups in total. The molecule has 0 spiro atoms. The van der Waals surface area contributed by atoms with Crippen molar-refractivity contribution in [2.75, 3.05) is 6.54 Å². The summed E-state index contributed by atoms with van der Waals surface area (Å²) < 4.78 is 28.1. The van der Waals surface area contributed by atoms with E-state index in [2.05, 4.69) is 4.98 Å². The Hall–Kier alpha value is -1.21. The highest BCUT2D eigenvalue weighted by atomic mass is 35.5. The largest absolute Gasteiger partial charge is 0.326 e. The minimum Gasteiger partial charge on any atom is -0.326 e. The maximum Gasteiger partial charge on any atom is 0.244 e. The zero-order valence-electron chi connectivity index (χ0n) is 13.2. The average molecular weight is 354 g/mol. The van der Waals surface area contributed by atoms with Crippen LogP contribution in [0.5, 0.6) is 0 Å². The number of pyridine rings is 1. The summed E-state index contributed by atoms with van der Waals surface area (Å²) in [6, 6.07) is 6.58. The molecule has 124 valence electrons. The summed E-state index contributed by atoms with van der Waals surface area (Å²) in [5, 5.41) is 1.52. The van der Waals surface area contributed by atoms with Gasteiger partial charge in [-0.1, -0.05) is 23.7 Å². The Kier molecular flexibility index (Phi) is 4.13. The minimum atomic E-state index is -3.68. The first-order valence-electron chi connectivity index (χ1n) is 7.58. The lowest BCUT2D eigenvalue weighted by atomic mass is 9.88. The third-order valence-corrected chi connectivity index (χ3v) is 7.16. The van der Waals surface area contributed by atoms with Gasteiger partial charge in [-0.05, 0) is 38.8 Å². The SMILES string of the molecule is CC1(C)C(N)CCCN1S(=O)(=O)c1cccc2c(Cl)nccc12. The molecule has 1 aromatic carbocycles. The van der Waals surface area contributed by atoms with Crippen molar-refractivity contribution in [1.29, 1.82) is 0 Å². The standard InChI is InChI=1S/C16H20ClN3O2S/c1-16(2)14(18)7-4-10-20(16)23(21,22)13-6-3-5-12-11(13)8-9-19-15(12)17/h3,5-6,8-9,14H,4,7,10,18H2,1-2H3. The lowest BCUT2D eigenvalue weighted by Crippen LogP contribution is -2.61. The Morgan fingerprint density at radius 3 is 2.78 bits per heavy atom. The van der Waals surface area contributed by atoms with Crippen molar-refractivity contribution in [3.05, 3.63) is 35.6 Å². The van der Waals surface area contributed by atoms with Gasteiger partial charge in [0.1, 0.15) is 5.15 Å². The molecule has 0 aliphatic carbocycles. The molecule has 23 heavy (non-hydrogen) atoms. The second kappa shape index (κ2) is 5.70. The highest BCUT2D eigenvalue weighted by Gasteiger charge is 2.44. The molecule has 1 aliphatic rings. The fourth-order valence-electron chi connectivity index (χ4n) is 3.20. The summed E-state index contributed by atoms with van der Waals surface area (Å²) in [7, 11) is -3.68. The van der Waals surface area contributed by atoms with Crippen molar-refractivity contribution in [2.24, 2.45) is 5.73 Å². The first-order chi connectivity index (χ1) is 10.8. The van der Waals surface area contributed by atoms with Crippen molar-refractivity contribution >= 4 is 32.4 Å².